The summed E-state index contributed by atoms with van der Waals surface area (Å²) < 4.78 is 0. The minimum absolute atomic E-state index is 0.168. The van der Waals surface area contributed by atoms with Gasteiger partial charge in [0.25, 0.3) is 0 Å². The van der Waals surface area contributed by atoms with Crippen molar-refractivity contribution in [1.82, 2.24) is 10.2 Å². The maximum absolute atomic E-state index is 12.3. The molecule has 0 aliphatic carbocycles. The molecule has 2 atom stereocenters. The van der Waals surface area contributed by atoms with Gasteiger partial charge in [-0.2, -0.15) is 0 Å². The van der Waals surface area contributed by atoms with E-state index >= 15 is 0 Å². The molecule has 1 saturated heterocycles. The lowest BCUT2D eigenvalue weighted by atomic mass is 9.96. The number of nitrogens with zero attached hydrogens (tertiary/aromatic N) is 1. The van der Waals surface area contributed by atoms with E-state index in [1.807, 2.05) is 18.0 Å². The Bertz CT molecular complexity index is 404. The van der Waals surface area contributed by atoms with Gasteiger partial charge >= 0.3 is 0 Å². The molecule has 1 aliphatic heterocycles. The van der Waals surface area contributed by atoms with Crippen LogP contribution in [0.5, 0.6) is 0 Å². The molecular formula is C16H24N2O. The van der Waals surface area contributed by atoms with Crippen molar-refractivity contribution >= 4 is 5.91 Å². The standard InChI is InChI=1S/C16H24N2O/c1-13-11-17-12-15(13)16(19)18(2)10-6-9-14-7-4-3-5-8-14/h3-5,7-8,13,15,17H,6,9-12H2,1-2H3. The van der Waals surface area contributed by atoms with Crippen LogP contribution in [0, 0.1) is 11.8 Å². The van der Waals surface area contributed by atoms with Crippen molar-refractivity contribution < 1.29 is 4.79 Å². The number of rotatable bonds is 5. The van der Waals surface area contributed by atoms with Gasteiger partial charge in [-0.05, 0) is 30.9 Å². The van der Waals surface area contributed by atoms with Crippen molar-refractivity contribution in [3.8, 4) is 0 Å². The zero-order valence-electron chi connectivity index (χ0n) is 11.9. The van der Waals surface area contributed by atoms with Crippen LogP contribution in [0.2, 0.25) is 0 Å². The molecule has 1 heterocycles. The maximum Gasteiger partial charge on any atom is 0.227 e. The van der Waals surface area contributed by atoms with E-state index in [1.165, 1.54) is 5.56 Å². The van der Waals surface area contributed by atoms with E-state index in [0.29, 0.717) is 11.8 Å². The molecule has 1 aromatic carbocycles. The summed E-state index contributed by atoms with van der Waals surface area (Å²) in [6.07, 6.45) is 2.07. The molecule has 1 N–H and O–H groups in total. The topological polar surface area (TPSA) is 32.3 Å². The van der Waals surface area contributed by atoms with Gasteiger partial charge in [-0.15, -0.1) is 0 Å². The zero-order chi connectivity index (χ0) is 13.7. The summed E-state index contributed by atoms with van der Waals surface area (Å²) in [6.45, 7) is 4.80. The summed E-state index contributed by atoms with van der Waals surface area (Å²) in [4.78, 5) is 14.2. The number of benzene rings is 1. The van der Waals surface area contributed by atoms with Gasteiger partial charge in [-0.3, -0.25) is 4.79 Å². The normalized spacial score (nSPS) is 22.4. The lowest BCUT2D eigenvalue weighted by molar-refractivity contribution is -0.134. The van der Waals surface area contributed by atoms with E-state index in [2.05, 4.69) is 36.5 Å². The largest absolute Gasteiger partial charge is 0.345 e. The summed E-state index contributed by atoms with van der Waals surface area (Å²) in [5, 5.41) is 3.29. The predicted molar refractivity (Wildman–Crippen MR) is 77.9 cm³/mol. The van der Waals surface area contributed by atoms with Crippen molar-refractivity contribution in [3.63, 3.8) is 0 Å². The summed E-state index contributed by atoms with van der Waals surface area (Å²) in [5.41, 5.74) is 1.35. The van der Waals surface area contributed by atoms with Crippen molar-refractivity contribution in [2.45, 2.75) is 19.8 Å². The lowest BCUT2D eigenvalue weighted by Crippen LogP contribution is -2.36. The molecule has 2 rings (SSSR count). The van der Waals surface area contributed by atoms with Crippen molar-refractivity contribution in [2.24, 2.45) is 11.8 Å². The molecule has 0 aromatic heterocycles. The molecule has 0 saturated carbocycles. The predicted octanol–water partition coefficient (Wildman–Crippen LogP) is 1.93. The molecule has 19 heavy (non-hydrogen) atoms. The van der Waals surface area contributed by atoms with Gasteiger partial charge in [-0.1, -0.05) is 37.3 Å². The zero-order valence-corrected chi connectivity index (χ0v) is 11.9. The van der Waals surface area contributed by atoms with Crippen LogP contribution in [-0.4, -0.2) is 37.5 Å². The quantitative estimate of drug-likeness (QED) is 0.877. The molecule has 3 nitrogen and oxygen atoms in total. The van der Waals surface area contributed by atoms with Crippen LogP contribution >= 0.6 is 0 Å². The Morgan fingerprint density at radius 1 is 1.32 bits per heavy atom. The fraction of sp³-hybridized carbons (Fsp3) is 0.562. The maximum atomic E-state index is 12.3. The molecule has 2 unspecified atom stereocenters. The summed E-state index contributed by atoms with van der Waals surface area (Å²) in [6, 6.07) is 10.5. The number of carbonyl (C=O) groups is 1. The number of nitrogens with one attached hydrogen (secondary N) is 1. The van der Waals surface area contributed by atoms with Crippen LogP contribution in [0.4, 0.5) is 0 Å². The molecule has 1 aliphatic rings. The van der Waals surface area contributed by atoms with Crippen LogP contribution in [0.25, 0.3) is 0 Å². The number of amides is 1. The molecule has 0 bridgehead atoms. The van der Waals surface area contributed by atoms with Gasteiger partial charge in [0.2, 0.25) is 5.91 Å². The Labute approximate surface area is 116 Å². The van der Waals surface area contributed by atoms with E-state index in [9.17, 15) is 4.79 Å². The Morgan fingerprint density at radius 2 is 2.05 bits per heavy atom. The highest BCUT2D eigenvalue weighted by Gasteiger charge is 2.31. The minimum Gasteiger partial charge on any atom is -0.345 e. The van der Waals surface area contributed by atoms with E-state index in [1.54, 1.807) is 0 Å². The van der Waals surface area contributed by atoms with Gasteiger partial charge in [0, 0.05) is 20.1 Å². The van der Waals surface area contributed by atoms with Crippen molar-refractivity contribution in [3.05, 3.63) is 35.9 Å². The van der Waals surface area contributed by atoms with Gasteiger partial charge in [0.1, 0.15) is 0 Å². The fourth-order valence-corrected chi connectivity index (χ4v) is 2.70. The molecule has 1 amide bonds. The third-order valence-electron chi connectivity index (χ3n) is 4.01. The summed E-state index contributed by atoms with van der Waals surface area (Å²) >= 11 is 0. The smallest absolute Gasteiger partial charge is 0.227 e. The summed E-state index contributed by atoms with van der Waals surface area (Å²) in [7, 11) is 1.93. The molecule has 1 aromatic rings. The first-order valence-electron chi connectivity index (χ1n) is 7.18. The van der Waals surface area contributed by atoms with Gasteiger partial charge in [-0.25, -0.2) is 0 Å². The lowest BCUT2D eigenvalue weighted by Gasteiger charge is -2.22. The second-order valence-corrected chi connectivity index (χ2v) is 5.59. The Hall–Kier alpha value is -1.35. The molecule has 104 valence electrons. The van der Waals surface area contributed by atoms with Gasteiger partial charge in [0.15, 0.2) is 0 Å². The third-order valence-corrected chi connectivity index (χ3v) is 4.01. The Kier molecular flexibility index (Phi) is 4.97. The highest BCUT2D eigenvalue weighted by Crippen LogP contribution is 2.18. The van der Waals surface area contributed by atoms with Crippen LogP contribution in [0.3, 0.4) is 0 Å². The number of hydrogen-bond acceptors (Lipinski definition) is 2. The van der Waals surface area contributed by atoms with Crippen LogP contribution < -0.4 is 5.32 Å². The Morgan fingerprint density at radius 3 is 2.68 bits per heavy atom. The Balaban J connectivity index is 1.75. The molecular weight excluding hydrogens is 236 g/mol. The van der Waals surface area contributed by atoms with Crippen molar-refractivity contribution in [1.29, 1.82) is 0 Å². The first kappa shape index (κ1) is 14.1. The molecule has 3 heteroatoms. The first-order valence-corrected chi connectivity index (χ1v) is 7.18. The number of aryl methyl sites for hydroxylation is 1. The third kappa shape index (κ3) is 3.80. The monoisotopic (exact) mass is 260 g/mol. The molecule has 0 spiro atoms. The van der Waals surface area contributed by atoms with Gasteiger partial charge < -0.3 is 10.2 Å². The highest BCUT2D eigenvalue weighted by molar-refractivity contribution is 5.79. The van der Waals surface area contributed by atoms with E-state index in [4.69, 9.17) is 0 Å². The van der Waals surface area contributed by atoms with Crippen LogP contribution in [-0.2, 0) is 11.2 Å². The second-order valence-electron chi connectivity index (χ2n) is 5.59. The van der Waals surface area contributed by atoms with E-state index in [-0.39, 0.29) is 5.92 Å². The molecule has 1 fully saturated rings. The minimum atomic E-state index is 0.168. The van der Waals surface area contributed by atoms with Crippen LogP contribution in [0.1, 0.15) is 18.9 Å². The first-order chi connectivity index (χ1) is 9.18. The average Bonchev–Trinajstić information content (AvgIpc) is 2.85. The van der Waals surface area contributed by atoms with E-state index in [0.717, 1.165) is 32.5 Å². The highest BCUT2D eigenvalue weighted by atomic mass is 16.2. The van der Waals surface area contributed by atoms with Crippen molar-refractivity contribution in [2.75, 3.05) is 26.7 Å². The van der Waals surface area contributed by atoms with E-state index < -0.39 is 0 Å². The second kappa shape index (κ2) is 6.71. The molecule has 0 radical (unpaired) electrons. The SMILES string of the molecule is CC1CNCC1C(=O)N(C)CCCc1ccccc1. The van der Waals surface area contributed by atoms with Gasteiger partial charge in [0.05, 0.1) is 5.92 Å². The van der Waals surface area contributed by atoms with Crippen LogP contribution in [0.15, 0.2) is 30.3 Å². The number of hydrogen-bond donors (Lipinski definition) is 1. The number of carbonyl (C=O) groups excluding carboxylic acids is 1. The summed E-state index contributed by atoms with van der Waals surface area (Å²) in [5.74, 6) is 0.927. The fourth-order valence-electron chi connectivity index (χ4n) is 2.70. The average molecular weight is 260 g/mol.